The minimum atomic E-state index is -0.660. The van der Waals surface area contributed by atoms with Gasteiger partial charge in [-0.05, 0) is 23.8 Å². The minimum absolute atomic E-state index is 0.194. The lowest BCUT2D eigenvalue weighted by atomic mass is 9.96. The summed E-state index contributed by atoms with van der Waals surface area (Å²) in [4.78, 5) is 28.9. The molecule has 0 bridgehead atoms. The van der Waals surface area contributed by atoms with Crippen molar-refractivity contribution in [1.82, 2.24) is 4.98 Å². The van der Waals surface area contributed by atoms with Crippen LogP contribution in [0.25, 0.3) is 22.2 Å². The Bertz CT molecular complexity index is 1120. The molecule has 0 aliphatic heterocycles. The molecule has 0 saturated carbocycles. The monoisotopic (exact) mass is 343 g/mol. The van der Waals surface area contributed by atoms with E-state index in [-0.39, 0.29) is 5.56 Å². The number of aromatic amines is 1. The molecule has 0 amide bonds. The van der Waals surface area contributed by atoms with Crippen LogP contribution in [0.3, 0.4) is 0 Å². The van der Waals surface area contributed by atoms with Gasteiger partial charge in [-0.3, -0.25) is 9.59 Å². The van der Waals surface area contributed by atoms with Crippen molar-refractivity contribution in [3.63, 3.8) is 0 Å². The summed E-state index contributed by atoms with van der Waals surface area (Å²) in [6, 6.07) is 21.8. The van der Waals surface area contributed by atoms with E-state index in [4.69, 9.17) is 0 Å². The fourth-order valence-electron chi connectivity index (χ4n) is 3.06. The highest BCUT2D eigenvalue weighted by Crippen LogP contribution is 2.32. The zero-order chi connectivity index (χ0) is 18.1. The van der Waals surface area contributed by atoms with Crippen LogP contribution in [0, 0.1) is 5.82 Å². The molecule has 0 unspecified atom stereocenters. The fraction of sp³-hybridized carbons (Fsp3) is 0. The van der Waals surface area contributed by atoms with E-state index in [1.54, 1.807) is 36.4 Å². The van der Waals surface area contributed by atoms with Gasteiger partial charge in [-0.2, -0.15) is 0 Å². The van der Waals surface area contributed by atoms with Crippen LogP contribution in [0.2, 0.25) is 0 Å². The molecule has 3 nitrogen and oxygen atoms in total. The lowest BCUT2D eigenvalue weighted by molar-refractivity contribution is 0.0818. The molecule has 4 rings (SSSR count). The number of H-pyrrole nitrogens is 1. The Morgan fingerprint density at radius 1 is 0.769 bits per heavy atom. The molecule has 3 aromatic carbocycles. The molecule has 0 radical (unpaired) electrons. The third-order valence-corrected chi connectivity index (χ3v) is 4.29. The third-order valence-electron chi connectivity index (χ3n) is 4.29. The summed E-state index contributed by atoms with van der Waals surface area (Å²) in [6.45, 7) is 0. The molecule has 0 fully saturated rings. The molecule has 0 spiro atoms. The van der Waals surface area contributed by atoms with E-state index in [1.165, 1.54) is 12.1 Å². The van der Waals surface area contributed by atoms with Crippen LogP contribution < -0.4 is 0 Å². The number of ketones is 2. The Kier molecular flexibility index (Phi) is 3.93. The van der Waals surface area contributed by atoms with Gasteiger partial charge in [0.2, 0.25) is 11.6 Å². The van der Waals surface area contributed by atoms with E-state index in [0.717, 1.165) is 5.56 Å². The second-order valence-electron chi connectivity index (χ2n) is 5.96. The average molecular weight is 343 g/mol. The third kappa shape index (κ3) is 2.71. The van der Waals surface area contributed by atoms with Crippen LogP contribution >= 0.6 is 0 Å². The second-order valence-corrected chi connectivity index (χ2v) is 5.96. The van der Waals surface area contributed by atoms with Crippen molar-refractivity contribution < 1.29 is 14.0 Å². The molecule has 1 heterocycles. The highest BCUT2D eigenvalue weighted by molar-refractivity contribution is 6.51. The van der Waals surface area contributed by atoms with Crippen molar-refractivity contribution in [2.24, 2.45) is 0 Å². The van der Waals surface area contributed by atoms with Crippen LogP contribution in [0.5, 0.6) is 0 Å². The standard InChI is InChI=1S/C22H14FNO2/c23-16-11-12-18-17(13-16)19(20(24-18)14-7-3-1-4-8-14)22(26)21(25)15-9-5-2-6-10-15/h1-13,24H. The van der Waals surface area contributed by atoms with Crippen molar-refractivity contribution in [2.75, 3.05) is 0 Å². The van der Waals surface area contributed by atoms with Crippen molar-refractivity contribution in [3.8, 4) is 11.3 Å². The van der Waals surface area contributed by atoms with Gasteiger partial charge in [0.1, 0.15) is 5.82 Å². The summed E-state index contributed by atoms with van der Waals surface area (Å²) in [5.74, 6) is -1.74. The van der Waals surface area contributed by atoms with Gasteiger partial charge in [0.25, 0.3) is 0 Å². The number of hydrogen-bond acceptors (Lipinski definition) is 2. The number of carbonyl (C=O) groups is 2. The van der Waals surface area contributed by atoms with E-state index >= 15 is 0 Å². The Hall–Kier alpha value is -3.53. The lowest BCUT2D eigenvalue weighted by Crippen LogP contribution is -2.15. The second kappa shape index (κ2) is 6.41. The summed E-state index contributed by atoms with van der Waals surface area (Å²) < 4.78 is 13.8. The Morgan fingerprint density at radius 3 is 2.12 bits per heavy atom. The molecule has 1 N–H and O–H groups in total. The number of benzene rings is 3. The van der Waals surface area contributed by atoms with Crippen molar-refractivity contribution >= 4 is 22.5 Å². The van der Waals surface area contributed by atoms with E-state index in [2.05, 4.69) is 4.98 Å². The molecule has 0 saturated heterocycles. The van der Waals surface area contributed by atoms with E-state index in [9.17, 15) is 14.0 Å². The van der Waals surface area contributed by atoms with Crippen LogP contribution in [-0.2, 0) is 0 Å². The molecule has 26 heavy (non-hydrogen) atoms. The van der Waals surface area contributed by atoms with Crippen LogP contribution in [-0.4, -0.2) is 16.6 Å². The van der Waals surface area contributed by atoms with E-state index < -0.39 is 17.4 Å². The Morgan fingerprint density at radius 2 is 1.42 bits per heavy atom. The first-order valence-electron chi connectivity index (χ1n) is 8.16. The highest BCUT2D eigenvalue weighted by Gasteiger charge is 2.26. The summed E-state index contributed by atoms with van der Waals surface area (Å²) >= 11 is 0. The van der Waals surface area contributed by atoms with Gasteiger partial charge in [-0.15, -0.1) is 0 Å². The molecular weight excluding hydrogens is 329 g/mol. The zero-order valence-electron chi connectivity index (χ0n) is 13.7. The molecular formula is C22H14FNO2. The number of aromatic nitrogens is 1. The predicted octanol–water partition coefficient (Wildman–Crippen LogP) is 5.04. The number of fused-ring (bicyclic) bond motifs is 1. The fourth-order valence-corrected chi connectivity index (χ4v) is 3.06. The highest BCUT2D eigenvalue weighted by atomic mass is 19.1. The van der Waals surface area contributed by atoms with E-state index in [1.807, 2.05) is 30.3 Å². The number of rotatable bonds is 4. The quantitative estimate of drug-likeness (QED) is 0.417. The Balaban J connectivity index is 1.94. The van der Waals surface area contributed by atoms with Gasteiger partial charge in [0, 0.05) is 16.5 Å². The van der Waals surface area contributed by atoms with Crippen molar-refractivity contribution in [1.29, 1.82) is 0 Å². The van der Waals surface area contributed by atoms with Gasteiger partial charge in [0.05, 0.1) is 11.3 Å². The van der Waals surface area contributed by atoms with Gasteiger partial charge in [-0.25, -0.2) is 4.39 Å². The molecule has 126 valence electrons. The van der Waals surface area contributed by atoms with Crippen LogP contribution in [0.15, 0.2) is 78.9 Å². The number of hydrogen-bond donors (Lipinski definition) is 1. The summed E-state index contributed by atoms with van der Waals surface area (Å²) in [5.41, 5.74) is 2.38. The number of halogens is 1. The summed E-state index contributed by atoms with van der Waals surface area (Å²) in [6.07, 6.45) is 0. The number of carbonyl (C=O) groups excluding carboxylic acids is 2. The molecule has 4 heteroatoms. The van der Waals surface area contributed by atoms with Gasteiger partial charge in [0.15, 0.2) is 0 Å². The first-order valence-corrected chi connectivity index (χ1v) is 8.16. The Labute approximate surface area is 149 Å². The van der Waals surface area contributed by atoms with Crippen LogP contribution in [0.1, 0.15) is 20.7 Å². The van der Waals surface area contributed by atoms with Gasteiger partial charge < -0.3 is 4.98 Å². The molecule has 1 aromatic heterocycles. The predicted molar refractivity (Wildman–Crippen MR) is 98.8 cm³/mol. The summed E-state index contributed by atoms with van der Waals surface area (Å²) in [5, 5.41) is 0.401. The average Bonchev–Trinajstić information content (AvgIpc) is 3.06. The lowest BCUT2D eigenvalue weighted by Gasteiger charge is -2.04. The normalized spacial score (nSPS) is 10.8. The number of nitrogens with one attached hydrogen (secondary N) is 1. The van der Waals surface area contributed by atoms with Crippen molar-refractivity contribution in [2.45, 2.75) is 0 Å². The topological polar surface area (TPSA) is 49.9 Å². The number of Topliss-reactive ketones (excluding diaryl/α,β-unsaturated/α-hetero) is 2. The molecule has 0 atom stereocenters. The van der Waals surface area contributed by atoms with Gasteiger partial charge >= 0.3 is 0 Å². The maximum atomic E-state index is 13.8. The zero-order valence-corrected chi connectivity index (χ0v) is 13.7. The molecule has 0 aliphatic rings. The van der Waals surface area contributed by atoms with E-state index in [0.29, 0.717) is 22.2 Å². The van der Waals surface area contributed by atoms with Gasteiger partial charge in [-0.1, -0.05) is 60.7 Å². The largest absolute Gasteiger partial charge is 0.354 e. The maximum absolute atomic E-state index is 13.8. The molecule has 4 aromatic rings. The first-order chi connectivity index (χ1) is 12.6. The van der Waals surface area contributed by atoms with Crippen molar-refractivity contribution in [3.05, 3.63) is 95.8 Å². The smallest absolute Gasteiger partial charge is 0.236 e. The SMILES string of the molecule is O=C(C(=O)c1c(-c2ccccc2)[nH]c2ccc(F)cc12)c1ccccc1. The molecule has 0 aliphatic carbocycles. The maximum Gasteiger partial charge on any atom is 0.236 e. The van der Waals surface area contributed by atoms with Crippen LogP contribution in [0.4, 0.5) is 4.39 Å². The minimum Gasteiger partial charge on any atom is -0.354 e. The summed E-state index contributed by atoms with van der Waals surface area (Å²) in [7, 11) is 0. The first kappa shape index (κ1) is 16.0.